The molecule has 2 aliphatic rings. The molecule has 1 N–H and O–H groups in total. The Bertz CT molecular complexity index is 503. The molecule has 3 rings (SSSR count). The number of hydrogen-bond acceptors (Lipinski definition) is 2. The second-order valence-corrected chi connectivity index (χ2v) is 7.56. The lowest BCUT2D eigenvalue weighted by molar-refractivity contribution is 0.0940. The minimum atomic E-state index is 0.150. The van der Waals surface area contributed by atoms with Crippen LogP contribution in [-0.2, 0) is 5.41 Å². The van der Waals surface area contributed by atoms with Crippen LogP contribution in [0.2, 0.25) is 0 Å². The highest BCUT2D eigenvalue weighted by Crippen LogP contribution is 2.59. The van der Waals surface area contributed by atoms with Gasteiger partial charge in [-0.3, -0.25) is 4.79 Å². The standard InChI is InChI=1S/C18H25NO/c1-17(2,3)14-6-4-13(5-7-14)16(20)15-12-18(15)8-10-19-11-9-18/h4-7,15,19H,8-12H2,1-3H3. The lowest BCUT2D eigenvalue weighted by atomic mass is 9.85. The van der Waals surface area contributed by atoms with Gasteiger partial charge in [-0.1, -0.05) is 45.0 Å². The Balaban J connectivity index is 1.72. The van der Waals surface area contributed by atoms with Gasteiger partial charge in [-0.2, -0.15) is 0 Å². The molecule has 2 nitrogen and oxygen atoms in total. The Labute approximate surface area is 122 Å². The molecule has 1 aliphatic heterocycles. The van der Waals surface area contributed by atoms with Crippen molar-refractivity contribution in [2.45, 2.75) is 45.4 Å². The van der Waals surface area contributed by atoms with Gasteiger partial charge in [0.15, 0.2) is 5.78 Å². The van der Waals surface area contributed by atoms with E-state index in [9.17, 15) is 4.79 Å². The van der Waals surface area contributed by atoms with Gasteiger partial charge in [0.2, 0.25) is 0 Å². The summed E-state index contributed by atoms with van der Waals surface area (Å²) in [7, 11) is 0. The van der Waals surface area contributed by atoms with Crippen LogP contribution >= 0.6 is 0 Å². The van der Waals surface area contributed by atoms with Gasteiger partial charge in [-0.15, -0.1) is 0 Å². The Morgan fingerprint density at radius 2 is 1.75 bits per heavy atom. The first-order valence-corrected chi connectivity index (χ1v) is 7.78. The SMILES string of the molecule is CC(C)(C)c1ccc(C(=O)C2CC23CCNCC3)cc1. The molecule has 2 heteroatoms. The summed E-state index contributed by atoms with van der Waals surface area (Å²) in [4.78, 5) is 12.6. The van der Waals surface area contributed by atoms with E-state index in [1.807, 2.05) is 12.1 Å². The Morgan fingerprint density at radius 3 is 2.30 bits per heavy atom. The van der Waals surface area contributed by atoms with E-state index in [1.165, 1.54) is 18.4 Å². The number of carbonyl (C=O) groups is 1. The summed E-state index contributed by atoms with van der Waals surface area (Å²) in [5, 5.41) is 3.39. The molecule has 1 aromatic carbocycles. The van der Waals surface area contributed by atoms with E-state index in [0.29, 0.717) is 11.2 Å². The van der Waals surface area contributed by atoms with Gasteiger partial charge in [0.1, 0.15) is 0 Å². The average Bonchev–Trinajstić information content (AvgIpc) is 3.11. The van der Waals surface area contributed by atoms with Crippen molar-refractivity contribution in [2.75, 3.05) is 13.1 Å². The number of Topliss-reactive ketones (excluding diaryl/α,β-unsaturated/α-hetero) is 1. The first-order chi connectivity index (χ1) is 9.42. The summed E-state index contributed by atoms with van der Waals surface area (Å²) in [6.45, 7) is 8.76. The second-order valence-electron chi connectivity index (χ2n) is 7.56. The lowest BCUT2D eigenvalue weighted by Crippen LogP contribution is -2.30. The number of hydrogen-bond donors (Lipinski definition) is 1. The number of piperidine rings is 1. The van der Waals surface area contributed by atoms with Crippen LogP contribution in [0.1, 0.15) is 56.0 Å². The van der Waals surface area contributed by atoms with Gasteiger partial charge in [-0.25, -0.2) is 0 Å². The molecule has 0 aromatic heterocycles. The zero-order valence-electron chi connectivity index (χ0n) is 12.8. The van der Waals surface area contributed by atoms with E-state index in [0.717, 1.165) is 25.1 Å². The number of benzene rings is 1. The maximum atomic E-state index is 12.6. The van der Waals surface area contributed by atoms with E-state index in [2.05, 4.69) is 38.2 Å². The number of nitrogens with one attached hydrogen (secondary N) is 1. The van der Waals surface area contributed by atoms with E-state index < -0.39 is 0 Å². The Morgan fingerprint density at radius 1 is 1.15 bits per heavy atom. The molecule has 0 bridgehead atoms. The fourth-order valence-electron chi connectivity index (χ4n) is 3.53. The summed E-state index contributed by atoms with van der Waals surface area (Å²) in [5.41, 5.74) is 2.68. The zero-order chi connectivity index (χ0) is 14.4. The largest absolute Gasteiger partial charge is 0.317 e. The number of carbonyl (C=O) groups excluding carboxylic acids is 1. The monoisotopic (exact) mass is 271 g/mol. The highest BCUT2D eigenvalue weighted by atomic mass is 16.1. The highest BCUT2D eigenvalue weighted by Gasteiger charge is 2.57. The Hall–Kier alpha value is -1.15. The van der Waals surface area contributed by atoms with Crippen molar-refractivity contribution in [3.63, 3.8) is 0 Å². The molecular weight excluding hydrogens is 246 g/mol. The molecule has 1 unspecified atom stereocenters. The van der Waals surface area contributed by atoms with Gasteiger partial charge < -0.3 is 5.32 Å². The zero-order valence-corrected chi connectivity index (χ0v) is 12.8. The third-order valence-electron chi connectivity index (χ3n) is 5.14. The topological polar surface area (TPSA) is 29.1 Å². The van der Waals surface area contributed by atoms with Crippen molar-refractivity contribution in [3.05, 3.63) is 35.4 Å². The summed E-state index contributed by atoms with van der Waals surface area (Å²) in [6, 6.07) is 8.28. The fraction of sp³-hybridized carbons (Fsp3) is 0.611. The molecule has 1 saturated carbocycles. The normalized spacial score (nSPS) is 24.6. The maximum Gasteiger partial charge on any atom is 0.166 e. The fourth-order valence-corrected chi connectivity index (χ4v) is 3.53. The molecular formula is C18H25NO. The van der Waals surface area contributed by atoms with Crippen LogP contribution < -0.4 is 5.32 Å². The average molecular weight is 271 g/mol. The highest BCUT2D eigenvalue weighted by molar-refractivity contribution is 6.00. The van der Waals surface area contributed by atoms with Crippen LogP contribution in [0, 0.1) is 11.3 Å². The van der Waals surface area contributed by atoms with E-state index >= 15 is 0 Å². The first kappa shape index (κ1) is 13.8. The second kappa shape index (κ2) is 4.70. The van der Waals surface area contributed by atoms with Crippen LogP contribution in [0.25, 0.3) is 0 Å². The van der Waals surface area contributed by atoms with Crippen LogP contribution in [0.3, 0.4) is 0 Å². The van der Waals surface area contributed by atoms with Crippen molar-refractivity contribution in [1.82, 2.24) is 5.32 Å². The van der Waals surface area contributed by atoms with Crippen LogP contribution in [0.4, 0.5) is 0 Å². The van der Waals surface area contributed by atoms with Crippen molar-refractivity contribution in [1.29, 1.82) is 0 Å². The third-order valence-corrected chi connectivity index (χ3v) is 5.14. The molecule has 20 heavy (non-hydrogen) atoms. The molecule has 1 spiro atoms. The van der Waals surface area contributed by atoms with Crippen LogP contribution in [0.5, 0.6) is 0 Å². The molecule has 1 heterocycles. The molecule has 108 valence electrons. The molecule has 1 aromatic rings. The predicted octanol–water partition coefficient (Wildman–Crippen LogP) is 3.56. The third kappa shape index (κ3) is 2.42. The van der Waals surface area contributed by atoms with E-state index in [4.69, 9.17) is 0 Å². The molecule has 1 atom stereocenters. The molecule has 1 aliphatic carbocycles. The maximum absolute atomic E-state index is 12.6. The molecule has 2 fully saturated rings. The van der Waals surface area contributed by atoms with E-state index in [-0.39, 0.29) is 11.3 Å². The van der Waals surface area contributed by atoms with Gasteiger partial charge in [-0.05, 0) is 48.7 Å². The minimum Gasteiger partial charge on any atom is -0.317 e. The predicted molar refractivity (Wildman–Crippen MR) is 82.1 cm³/mol. The molecule has 0 radical (unpaired) electrons. The first-order valence-electron chi connectivity index (χ1n) is 7.78. The van der Waals surface area contributed by atoms with Gasteiger partial charge >= 0.3 is 0 Å². The lowest BCUT2D eigenvalue weighted by Gasteiger charge is -2.23. The van der Waals surface area contributed by atoms with Crippen molar-refractivity contribution in [2.24, 2.45) is 11.3 Å². The van der Waals surface area contributed by atoms with Gasteiger partial charge in [0.05, 0.1) is 0 Å². The van der Waals surface area contributed by atoms with Gasteiger partial charge in [0, 0.05) is 11.5 Å². The van der Waals surface area contributed by atoms with Crippen LogP contribution in [0.15, 0.2) is 24.3 Å². The van der Waals surface area contributed by atoms with Crippen molar-refractivity contribution >= 4 is 5.78 Å². The quantitative estimate of drug-likeness (QED) is 0.833. The molecule has 1 saturated heterocycles. The number of ketones is 1. The van der Waals surface area contributed by atoms with Gasteiger partial charge in [0.25, 0.3) is 0 Å². The minimum absolute atomic E-state index is 0.150. The summed E-state index contributed by atoms with van der Waals surface area (Å²) in [5.74, 6) is 0.650. The summed E-state index contributed by atoms with van der Waals surface area (Å²) in [6.07, 6.45) is 3.45. The summed E-state index contributed by atoms with van der Waals surface area (Å²) < 4.78 is 0. The van der Waals surface area contributed by atoms with E-state index in [1.54, 1.807) is 0 Å². The molecule has 0 amide bonds. The smallest absolute Gasteiger partial charge is 0.166 e. The van der Waals surface area contributed by atoms with Crippen molar-refractivity contribution in [3.8, 4) is 0 Å². The Kier molecular flexibility index (Phi) is 3.24. The van der Waals surface area contributed by atoms with Crippen molar-refractivity contribution < 1.29 is 4.79 Å². The number of rotatable bonds is 2. The van der Waals surface area contributed by atoms with Crippen LogP contribution in [-0.4, -0.2) is 18.9 Å². The summed E-state index contributed by atoms with van der Waals surface area (Å²) >= 11 is 0.